The van der Waals surface area contributed by atoms with E-state index in [9.17, 15) is 9.59 Å². The second-order valence-corrected chi connectivity index (χ2v) is 8.14. The van der Waals surface area contributed by atoms with Crippen LogP contribution in [0.2, 0.25) is 0 Å². The zero-order chi connectivity index (χ0) is 19.1. The number of nitrogens with one attached hydrogen (secondary N) is 1. The van der Waals surface area contributed by atoms with Crippen molar-refractivity contribution in [2.24, 2.45) is 0 Å². The van der Waals surface area contributed by atoms with Crippen molar-refractivity contribution in [1.82, 2.24) is 10.3 Å². The fourth-order valence-corrected chi connectivity index (χ4v) is 4.29. The first kappa shape index (κ1) is 19.3. The van der Waals surface area contributed by atoms with E-state index in [-0.39, 0.29) is 24.2 Å². The van der Waals surface area contributed by atoms with Gasteiger partial charge in [0.25, 0.3) is 0 Å². The zero-order valence-corrected chi connectivity index (χ0v) is 16.6. The van der Waals surface area contributed by atoms with Crippen LogP contribution in [-0.2, 0) is 11.2 Å². The molecular formula is C21H20N2O2S2. The van der Waals surface area contributed by atoms with Gasteiger partial charge in [0.1, 0.15) is 0 Å². The second kappa shape index (κ2) is 9.48. The Hall–Kier alpha value is -2.44. The van der Waals surface area contributed by atoms with Crippen LogP contribution in [0.3, 0.4) is 0 Å². The van der Waals surface area contributed by atoms with Crippen molar-refractivity contribution in [1.29, 1.82) is 0 Å². The topological polar surface area (TPSA) is 59.1 Å². The van der Waals surface area contributed by atoms with Crippen molar-refractivity contribution in [3.63, 3.8) is 0 Å². The van der Waals surface area contributed by atoms with E-state index >= 15 is 0 Å². The second-order valence-electron chi connectivity index (χ2n) is 6.06. The van der Waals surface area contributed by atoms with Gasteiger partial charge >= 0.3 is 0 Å². The van der Waals surface area contributed by atoms with Gasteiger partial charge in [-0.2, -0.15) is 0 Å². The van der Waals surface area contributed by atoms with Gasteiger partial charge in [-0.3, -0.25) is 9.59 Å². The van der Waals surface area contributed by atoms with Crippen molar-refractivity contribution in [2.75, 3.05) is 5.75 Å². The molecule has 0 aliphatic heterocycles. The van der Waals surface area contributed by atoms with Crippen LogP contribution in [-0.4, -0.2) is 22.4 Å². The van der Waals surface area contributed by atoms with E-state index in [0.717, 1.165) is 15.6 Å². The van der Waals surface area contributed by atoms with E-state index in [1.807, 2.05) is 73.0 Å². The van der Waals surface area contributed by atoms with Gasteiger partial charge in [0, 0.05) is 10.9 Å². The average Bonchev–Trinajstić information content (AvgIpc) is 3.14. The van der Waals surface area contributed by atoms with Crippen LogP contribution in [0.4, 0.5) is 0 Å². The number of amides is 1. The van der Waals surface area contributed by atoms with Crippen molar-refractivity contribution in [3.8, 4) is 0 Å². The van der Waals surface area contributed by atoms with E-state index in [1.165, 1.54) is 23.1 Å². The lowest BCUT2D eigenvalue weighted by Gasteiger charge is -2.13. The minimum Gasteiger partial charge on any atom is -0.349 e. The number of hydrogen-bond donors (Lipinski definition) is 1. The van der Waals surface area contributed by atoms with Crippen LogP contribution in [0.25, 0.3) is 0 Å². The predicted molar refractivity (Wildman–Crippen MR) is 110 cm³/mol. The summed E-state index contributed by atoms with van der Waals surface area (Å²) in [4.78, 5) is 28.9. The number of carbonyl (C=O) groups is 2. The molecule has 0 bridgehead atoms. The van der Waals surface area contributed by atoms with Gasteiger partial charge in [-0.25, -0.2) is 4.98 Å². The molecule has 27 heavy (non-hydrogen) atoms. The monoisotopic (exact) mass is 396 g/mol. The molecule has 1 amide bonds. The summed E-state index contributed by atoms with van der Waals surface area (Å²) in [6, 6.07) is 19.0. The minimum absolute atomic E-state index is 0.0466. The zero-order valence-electron chi connectivity index (χ0n) is 14.9. The van der Waals surface area contributed by atoms with Crippen molar-refractivity contribution in [2.45, 2.75) is 23.7 Å². The van der Waals surface area contributed by atoms with E-state index in [4.69, 9.17) is 0 Å². The van der Waals surface area contributed by atoms with Gasteiger partial charge < -0.3 is 5.32 Å². The van der Waals surface area contributed by atoms with Crippen molar-refractivity contribution in [3.05, 3.63) is 82.9 Å². The Balaban J connectivity index is 1.49. The summed E-state index contributed by atoms with van der Waals surface area (Å²) < 4.78 is 0.804. The number of hydrogen-bond acceptors (Lipinski definition) is 5. The van der Waals surface area contributed by atoms with Crippen LogP contribution in [0.15, 0.2) is 70.4 Å². The van der Waals surface area contributed by atoms with E-state index in [2.05, 4.69) is 10.3 Å². The number of aromatic nitrogens is 1. The molecule has 0 fully saturated rings. The van der Waals surface area contributed by atoms with Gasteiger partial charge in [-0.05, 0) is 12.5 Å². The molecule has 0 unspecified atom stereocenters. The Labute approximate surface area is 167 Å². The number of nitrogens with zero attached hydrogens (tertiary/aromatic N) is 1. The number of ketones is 1. The summed E-state index contributed by atoms with van der Waals surface area (Å²) in [5.74, 6) is 0.356. The molecule has 3 rings (SSSR count). The van der Waals surface area contributed by atoms with Gasteiger partial charge in [0.05, 0.1) is 23.9 Å². The maximum absolute atomic E-state index is 12.2. The molecule has 2 aromatic carbocycles. The Morgan fingerprint density at radius 2 is 1.74 bits per heavy atom. The lowest BCUT2D eigenvalue weighted by Crippen LogP contribution is -2.28. The van der Waals surface area contributed by atoms with E-state index in [0.29, 0.717) is 11.3 Å². The average molecular weight is 397 g/mol. The highest BCUT2D eigenvalue weighted by molar-refractivity contribution is 8.01. The highest BCUT2D eigenvalue weighted by Gasteiger charge is 2.13. The lowest BCUT2D eigenvalue weighted by molar-refractivity contribution is -0.121. The summed E-state index contributed by atoms with van der Waals surface area (Å²) in [5.41, 5.74) is 2.50. The molecule has 0 saturated heterocycles. The summed E-state index contributed by atoms with van der Waals surface area (Å²) in [6.45, 7) is 1.96. The van der Waals surface area contributed by atoms with Crippen LogP contribution in [0.1, 0.15) is 34.6 Å². The summed E-state index contributed by atoms with van der Waals surface area (Å²) >= 11 is 2.87. The third-order valence-corrected chi connectivity index (χ3v) is 6.04. The highest BCUT2D eigenvalue weighted by atomic mass is 32.2. The number of rotatable bonds is 8. The van der Waals surface area contributed by atoms with Crippen LogP contribution in [0, 0.1) is 0 Å². The molecule has 1 N–H and O–H groups in total. The molecule has 0 spiro atoms. The van der Waals surface area contributed by atoms with E-state index < -0.39 is 0 Å². The Morgan fingerprint density at radius 1 is 1.07 bits per heavy atom. The Bertz CT molecular complexity index is 895. The maximum Gasteiger partial charge on any atom is 0.226 e. The molecule has 0 radical (unpaired) electrons. The molecule has 0 aliphatic rings. The Morgan fingerprint density at radius 3 is 2.44 bits per heavy atom. The van der Waals surface area contributed by atoms with Crippen LogP contribution in [0.5, 0.6) is 0 Å². The number of benzene rings is 2. The smallest absolute Gasteiger partial charge is 0.226 e. The third-order valence-electron chi connectivity index (χ3n) is 3.97. The Kier molecular flexibility index (Phi) is 6.79. The summed E-state index contributed by atoms with van der Waals surface area (Å²) in [6.07, 6.45) is 0.237. The highest BCUT2D eigenvalue weighted by Crippen LogP contribution is 2.24. The maximum atomic E-state index is 12.2. The summed E-state index contributed by atoms with van der Waals surface area (Å²) in [7, 11) is 0. The van der Waals surface area contributed by atoms with Gasteiger partial charge in [-0.1, -0.05) is 72.4 Å². The number of carbonyl (C=O) groups excluding carboxylic acids is 2. The summed E-state index contributed by atoms with van der Waals surface area (Å²) in [5, 5.41) is 4.87. The standard InChI is InChI=1S/C21H20N2O2S2/c1-15(16-8-4-2-5-9-16)22-20(25)12-18-13-26-21(23-18)27-14-19(24)17-10-6-3-7-11-17/h2-11,13,15H,12,14H2,1H3,(H,22,25)/t15-/m1/s1. The van der Waals surface area contributed by atoms with Gasteiger partial charge in [0.2, 0.25) is 5.91 Å². The quantitative estimate of drug-likeness (QED) is 0.449. The first-order valence-electron chi connectivity index (χ1n) is 8.61. The van der Waals surface area contributed by atoms with E-state index in [1.54, 1.807) is 0 Å². The largest absolute Gasteiger partial charge is 0.349 e. The molecule has 1 atom stereocenters. The first-order chi connectivity index (χ1) is 13.1. The molecular weight excluding hydrogens is 376 g/mol. The lowest BCUT2D eigenvalue weighted by atomic mass is 10.1. The predicted octanol–water partition coefficient (Wildman–Crippen LogP) is 4.54. The van der Waals surface area contributed by atoms with Gasteiger partial charge in [-0.15, -0.1) is 11.3 Å². The van der Waals surface area contributed by atoms with Crippen LogP contribution >= 0.6 is 23.1 Å². The molecule has 1 heterocycles. The molecule has 0 saturated carbocycles. The van der Waals surface area contributed by atoms with Crippen molar-refractivity contribution >= 4 is 34.8 Å². The molecule has 1 aromatic heterocycles. The fourth-order valence-electron chi connectivity index (χ4n) is 2.55. The molecule has 4 nitrogen and oxygen atoms in total. The SMILES string of the molecule is C[C@@H](NC(=O)Cc1csc(SCC(=O)c2ccccc2)n1)c1ccccc1. The fraction of sp³-hybridized carbons (Fsp3) is 0.190. The molecule has 0 aliphatic carbocycles. The number of thioether (sulfide) groups is 1. The third kappa shape index (κ3) is 5.77. The molecule has 138 valence electrons. The number of thiazole rings is 1. The minimum atomic E-state index is -0.0615. The molecule has 3 aromatic rings. The molecule has 6 heteroatoms. The number of Topliss-reactive ketones (excluding diaryl/α,β-unsaturated/α-hetero) is 1. The first-order valence-corrected chi connectivity index (χ1v) is 10.5. The van der Waals surface area contributed by atoms with Gasteiger partial charge in [0.15, 0.2) is 10.1 Å². The van der Waals surface area contributed by atoms with Crippen LogP contribution < -0.4 is 5.32 Å². The normalized spacial score (nSPS) is 11.7. The van der Waals surface area contributed by atoms with Crippen molar-refractivity contribution < 1.29 is 9.59 Å².